The van der Waals surface area contributed by atoms with E-state index in [4.69, 9.17) is 0 Å². The molecule has 164 valence electrons. The quantitative estimate of drug-likeness (QED) is 0.603. The first-order valence-electron chi connectivity index (χ1n) is 10.4. The highest BCUT2D eigenvalue weighted by Gasteiger charge is 2.30. The molecule has 8 heteroatoms. The molecule has 2 aliphatic rings. The van der Waals surface area contributed by atoms with Crippen molar-refractivity contribution in [1.29, 1.82) is 0 Å². The third kappa shape index (κ3) is 6.49. The molecule has 2 N–H and O–H groups in total. The van der Waals surface area contributed by atoms with Gasteiger partial charge in [0, 0.05) is 29.9 Å². The number of carbonyl (C=O) groups excluding carboxylic acids is 2. The Bertz CT molecular complexity index is 911. The molecule has 2 saturated carbocycles. The van der Waals surface area contributed by atoms with Crippen LogP contribution in [-0.4, -0.2) is 42.0 Å². The number of anilines is 1. The normalized spacial score (nSPS) is 15.7. The summed E-state index contributed by atoms with van der Waals surface area (Å²) in [5.41, 5.74) is 2.20. The number of amides is 2. The molecule has 6 nitrogen and oxygen atoms in total. The van der Waals surface area contributed by atoms with Crippen LogP contribution in [0.15, 0.2) is 48.5 Å². The van der Waals surface area contributed by atoms with Crippen LogP contribution in [0.4, 0.5) is 14.5 Å². The van der Waals surface area contributed by atoms with Crippen molar-refractivity contribution in [3.8, 4) is 5.75 Å². The van der Waals surface area contributed by atoms with Crippen molar-refractivity contribution in [1.82, 2.24) is 10.2 Å². The van der Waals surface area contributed by atoms with Crippen LogP contribution in [-0.2, 0) is 11.3 Å². The Labute approximate surface area is 179 Å². The Morgan fingerprint density at radius 2 is 1.68 bits per heavy atom. The molecule has 2 aromatic rings. The molecule has 31 heavy (non-hydrogen) atoms. The van der Waals surface area contributed by atoms with Gasteiger partial charge in [-0.25, -0.2) is 0 Å². The number of hydrogen-bond acceptors (Lipinski definition) is 4. The molecule has 0 atom stereocenters. The van der Waals surface area contributed by atoms with E-state index in [1.165, 1.54) is 24.3 Å². The summed E-state index contributed by atoms with van der Waals surface area (Å²) in [5, 5.41) is 5.77. The lowest BCUT2D eigenvalue weighted by Crippen LogP contribution is -2.34. The van der Waals surface area contributed by atoms with Crippen LogP contribution in [0.1, 0.15) is 41.6 Å². The van der Waals surface area contributed by atoms with Crippen molar-refractivity contribution in [2.45, 2.75) is 50.9 Å². The largest absolute Gasteiger partial charge is 0.435 e. The fourth-order valence-electron chi connectivity index (χ4n) is 3.35. The number of nitrogens with one attached hydrogen (secondary N) is 2. The lowest BCUT2D eigenvalue weighted by atomic mass is 10.1. The number of carbonyl (C=O) groups is 2. The minimum Gasteiger partial charge on any atom is -0.435 e. The van der Waals surface area contributed by atoms with E-state index in [9.17, 15) is 18.4 Å². The van der Waals surface area contributed by atoms with Gasteiger partial charge in [0.05, 0.1) is 6.54 Å². The van der Waals surface area contributed by atoms with Crippen molar-refractivity contribution < 1.29 is 23.1 Å². The maximum absolute atomic E-state index is 12.5. The molecule has 2 aromatic carbocycles. The molecule has 0 unspecified atom stereocenters. The Morgan fingerprint density at radius 1 is 1.00 bits per heavy atom. The van der Waals surface area contributed by atoms with Gasteiger partial charge in [0.2, 0.25) is 5.91 Å². The standard InChI is InChI=1S/C23H25F2N3O3/c24-23(25)31-20-11-7-17(8-12-20)26-21(29)14-28(19-9-10-19)13-15-1-3-16(4-2-15)22(30)27-18-5-6-18/h1-4,7-8,11-12,18-19,23H,5-6,9-10,13-14H2,(H,26,29)(H,27,30). The van der Waals surface area contributed by atoms with Gasteiger partial charge < -0.3 is 15.4 Å². The predicted molar refractivity (Wildman–Crippen MR) is 112 cm³/mol. The van der Waals surface area contributed by atoms with E-state index < -0.39 is 6.61 Å². The summed E-state index contributed by atoms with van der Waals surface area (Å²) in [6.45, 7) is -2.04. The topological polar surface area (TPSA) is 70.7 Å². The van der Waals surface area contributed by atoms with Gasteiger partial charge in [-0.2, -0.15) is 8.78 Å². The second kappa shape index (κ2) is 9.43. The number of nitrogens with zero attached hydrogens (tertiary/aromatic N) is 1. The van der Waals surface area contributed by atoms with Gasteiger partial charge in [0.25, 0.3) is 5.91 Å². The lowest BCUT2D eigenvalue weighted by molar-refractivity contribution is -0.117. The summed E-state index contributed by atoms with van der Waals surface area (Å²) < 4.78 is 28.8. The number of ether oxygens (including phenoxy) is 1. The van der Waals surface area contributed by atoms with Gasteiger partial charge in [0.15, 0.2) is 0 Å². The summed E-state index contributed by atoms with van der Waals surface area (Å²) in [5.74, 6) is -0.172. The van der Waals surface area contributed by atoms with Gasteiger partial charge >= 0.3 is 6.61 Å². The van der Waals surface area contributed by atoms with Crippen molar-refractivity contribution in [2.24, 2.45) is 0 Å². The minimum absolute atomic E-state index is 0.0434. The van der Waals surface area contributed by atoms with Crippen LogP contribution in [0.2, 0.25) is 0 Å². The van der Waals surface area contributed by atoms with Crippen LogP contribution in [0.5, 0.6) is 5.75 Å². The molecule has 0 heterocycles. The number of alkyl halides is 2. The van der Waals surface area contributed by atoms with Crippen LogP contribution in [0.3, 0.4) is 0 Å². The second-order valence-electron chi connectivity index (χ2n) is 8.03. The third-order valence-electron chi connectivity index (χ3n) is 5.29. The van der Waals surface area contributed by atoms with E-state index in [-0.39, 0.29) is 24.1 Å². The monoisotopic (exact) mass is 429 g/mol. The smallest absolute Gasteiger partial charge is 0.387 e. The number of benzene rings is 2. The Kier molecular flexibility index (Phi) is 6.46. The average molecular weight is 429 g/mol. The van der Waals surface area contributed by atoms with E-state index in [1.807, 2.05) is 24.3 Å². The molecule has 0 radical (unpaired) electrons. The van der Waals surface area contributed by atoms with E-state index in [2.05, 4.69) is 20.3 Å². The lowest BCUT2D eigenvalue weighted by Gasteiger charge is -2.21. The Hall–Kier alpha value is -3.00. The van der Waals surface area contributed by atoms with Gasteiger partial charge in [-0.3, -0.25) is 14.5 Å². The molecule has 2 aliphatic carbocycles. The molecule has 0 spiro atoms. The molecule has 0 aromatic heterocycles. The summed E-state index contributed by atoms with van der Waals surface area (Å²) in [4.78, 5) is 26.7. The van der Waals surface area contributed by atoms with Gasteiger partial charge in [-0.1, -0.05) is 12.1 Å². The summed E-state index contributed by atoms with van der Waals surface area (Å²) >= 11 is 0. The van der Waals surface area contributed by atoms with Crippen LogP contribution >= 0.6 is 0 Å². The molecule has 0 saturated heterocycles. The zero-order chi connectivity index (χ0) is 21.8. The maximum Gasteiger partial charge on any atom is 0.387 e. The van der Waals surface area contributed by atoms with Gasteiger partial charge in [0.1, 0.15) is 5.75 Å². The fourth-order valence-corrected chi connectivity index (χ4v) is 3.35. The van der Waals surface area contributed by atoms with Crippen molar-refractivity contribution in [3.63, 3.8) is 0 Å². The second-order valence-corrected chi connectivity index (χ2v) is 8.03. The van der Waals surface area contributed by atoms with E-state index in [1.54, 1.807) is 0 Å². The van der Waals surface area contributed by atoms with Crippen molar-refractivity contribution in [2.75, 3.05) is 11.9 Å². The molecule has 4 rings (SSSR count). The summed E-state index contributed by atoms with van der Waals surface area (Å²) in [6.07, 6.45) is 4.20. The third-order valence-corrected chi connectivity index (χ3v) is 5.29. The Balaban J connectivity index is 1.30. The molecular weight excluding hydrogens is 404 g/mol. The predicted octanol–water partition coefficient (Wildman–Crippen LogP) is 3.78. The zero-order valence-corrected chi connectivity index (χ0v) is 17.0. The van der Waals surface area contributed by atoms with E-state index in [0.29, 0.717) is 29.9 Å². The van der Waals surface area contributed by atoms with Crippen molar-refractivity contribution >= 4 is 17.5 Å². The first-order chi connectivity index (χ1) is 15.0. The molecule has 2 amide bonds. The number of halogens is 2. The molecular formula is C23H25F2N3O3. The van der Waals surface area contributed by atoms with E-state index >= 15 is 0 Å². The SMILES string of the molecule is O=C(CN(Cc1ccc(C(=O)NC2CC2)cc1)C1CC1)Nc1ccc(OC(F)F)cc1. The maximum atomic E-state index is 12.5. The average Bonchev–Trinajstić information content (AvgIpc) is 3.64. The fraction of sp³-hybridized carbons (Fsp3) is 0.391. The molecule has 0 bridgehead atoms. The van der Waals surface area contributed by atoms with Crippen LogP contribution < -0.4 is 15.4 Å². The molecule has 0 aliphatic heterocycles. The highest BCUT2D eigenvalue weighted by Crippen LogP contribution is 2.28. The highest BCUT2D eigenvalue weighted by molar-refractivity contribution is 5.94. The Morgan fingerprint density at radius 3 is 2.26 bits per heavy atom. The van der Waals surface area contributed by atoms with Crippen molar-refractivity contribution in [3.05, 3.63) is 59.7 Å². The summed E-state index contributed by atoms with van der Waals surface area (Å²) in [7, 11) is 0. The van der Waals surface area contributed by atoms with E-state index in [0.717, 1.165) is 31.2 Å². The van der Waals surface area contributed by atoms with Gasteiger partial charge in [-0.05, 0) is 67.6 Å². The first kappa shape index (κ1) is 21.2. The molecule has 2 fully saturated rings. The number of rotatable bonds is 10. The van der Waals surface area contributed by atoms with Gasteiger partial charge in [-0.15, -0.1) is 0 Å². The minimum atomic E-state index is -2.88. The highest BCUT2D eigenvalue weighted by atomic mass is 19.3. The van der Waals surface area contributed by atoms with Crippen LogP contribution in [0, 0.1) is 0 Å². The first-order valence-corrected chi connectivity index (χ1v) is 10.4. The van der Waals surface area contributed by atoms with Crippen LogP contribution in [0.25, 0.3) is 0 Å². The zero-order valence-electron chi connectivity index (χ0n) is 17.0. The summed E-state index contributed by atoms with van der Waals surface area (Å²) in [6, 6.07) is 14.0. The number of hydrogen-bond donors (Lipinski definition) is 2.